The van der Waals surface area contributed by atoms with Gasteiger partial charge in [-0.15, -0.1) is 0 Å². The molecule has 5 nitrogen and oxygen atoms in total. The van der Waals surface area contributed by atoms with Gasteiger partial charge in [0.2, 0.25) is 0 Å². The zero-order valence-corrected chi connectivity index (χ0v) is 16.1. The molecule has 0 saturated carbocycles. The van der Waals surface area contributed by atoms with Gasteiger partial charge in [0, 0.05) is 61.6 Å². The molecule has 2 fully saturated rings. The van der Waals surface area contributed by atoms with E-state index < -0.39 is 0 Å². The van der Waals surface area contributed by atoms with Crippen molar-refractivity contribution in [3.63, 3.8) is 0 Å². The smallest absolute Gasteiger partial charge is 0.317 e. The fourth-order valence-corrected chi connectivity index (χ4v) is 3.92. The molecule has 0 aliphatic carbocycles. The number of pyridine rings is 1. The molecule has 0 spiro atoms. The average Bonchev–Trinajstić information content (AvgIpc) is 2.65. The maximum Gasteiger partial charge on any atom is 0.317 e. The van der Waals surface area contributed by atoms with Gasteiger partial charge < -0.3 is 10.2 Å². The first kappa shape index (κ1) is 18.3. The highest BCUT2D eigenvalue weighted by molar-refractivity contribution is 6.30. The van der Waals surface area contributed by atoms with Gasteiger partial charge in [-0.05, 0) is 42.7 Å². The van der Waals surface area contributed by atoms with E-state index in [9.17, 15) is 4.79 Å². The van der Waals surface area contributed by atoms with Crippen LogP contribution in [0.2, 0.25) is 5.02 Å². The number of aromatic nitrogens is 1. The van der Waals surface area contributed by atoms with Crippen molar-refractivity contribution in [2.45, 2.75) is 31.3 Å². The maximum atomic E-state index is 12.4. The van der Waals surface area contributed by atoms with Crippen LogP contribution < -0.4 is 5.32 Å². The number of piperidine rings is 1. The Hall–Kier alpha value is -2.11. The van der Waals surface area contributed by atoms with E-state index in [-0.39, 0.29) is 12.1 Å². The third-order valence-corrected chi connectivity index (χ3v) is 5.76. The summed E-state index contributed by atoms with van der Waals surface area (Å²) < 4.78 is 0. The van der Waals surface area contributed by atoms with Gasteiger partial charge >= 0.3 is 6.03 Å². The van der Waals surface area contributed by atoms with Crippen LogP contribution in [0.15, 0.2) is 48.7 Å². The summed E-state index contributed by atoms with van der Waals surface area (Å²) in [6.07, 6.45) is 3.81. The first-order chi connectivity index (χ1) is 13.2. The van der Waals surface area contributed by atoms with E-state index in [2.05, 4.69) is 27.3 Å². The molecule has 3 heterocycles. The molecule has 2 saturated heterocycles. The first-order valence-electron chi connectivity index (χ1n) is 9.60. The summed E-state index contributed by atoms with van der Waals surface area (Å²) >= 11 is 5.95. The zero-order valence-electron chi connectivity index (χ0n) is 15.4. The predicted molar refractivity (Wildman–Crippen MR) is 107 cm³/mol. The molecule has 142 valence electrons. The number of halogens is 1. The van der Waals surface area contributed by atoms with Crippen molar-refractivity contribution >= 4 is 17.6 Å². The lowest BCUT2D eigenvalue weighted by atomic mass is 9.96. The quantitative estimate of drug-likeness (QED) is 0.877. The van der Waals surface area contributed by atoms with E-state index in [0.29, 0.717) is 5.92 Å². The number of carbonyl (C=O) groups excluding carboxylic acids is 1. The third kappa shape index (κ3) is 4.60. The highest BCUT2D eigenvalue weighted by atomic mass is 35.5. The Labute approximate surface area is 165 Å². The molecule has 0 radical (unpaired) electrons. The van der Waals surface area contributed by atoms with Crippen molar-refractivity contribution in [2.24, 2.45) is 0 Å². The summed E-state index contributed by atoms with van der Waals surface area (Å²) in [4.78, 5) is 21.2. The lowest BCUT2D eigenvalue weighted by molar-refractivity contribution is 0.136. The monoisotopic (exact) mass is 384 g/mol. The molecule has 1 aromatic carbocycles. The molecule has 2 aliphatic rings. The molecule has 0 bridgehead atoms. The third-order valence-electron chi connectivity index (χ3n) is 5.51. The van der Waals surface area contributed by atoms with Crippen molar-refractivity contribution in [3.8, 4) is 0 Å². The number of carbonyl (C=O) groups is 1. The number of amides is 2. The number of hydrogen-bond donors (Lipinski definition) is 1. The average molecular weight is 385 g/mol. The van der Waals surface area contributed by atoms with E-state index in [1.807, 2.05) is 41.4 Å². The number of nitrogens with one attached hydrogen (secondary N) is 1. The van der Waals surface area contributed by atoms with Gasteiger partial charge in [0.1, 0.15) is 0 Å². The van der Waals surface area contributed by atoms with Crippen LogP contribution in [-0.2, 0) is 6.54 Å². The molecule has 1 N–H and O–H groups in total. The molecule has 2 aromatic rings. The largest absolute Gasteiger partial charge is 0.335 e. The fourth-order valence-electron chi connectivity index (χ4n) is 3.80. The zero-order chi connectivity index (χ0) is 18.6. The van der Waals surface area contributed by atoms with Crippen molar-refractivity contribution in [2.75, 3.05) is 26.2 Å². The van der Waals surface area contributed by atoms with Gasteiger partial charge in [0.15, 0.2) is 0 Å². The number of likely N-dealkylation sites (tertiary alicyclic amines) is 2. The summed E-state index contributed by atoms with van der Waals surface area (Å²) in [7, 11) is 0. The lowest BCUT2D eigenvalue weighted by Crippen LogP contribution is -2.56. The van der Waals surface area contributed by atoms with Crippen LogP contribution in [0, 0.1) is 0 Å². The van der Waals surface area contributed by atoms with Crippen molar-refractivity contribution in [1.29, 1.82) is 0 Å². The molecular formula is C21H25ClN4O. The fraction of sp³-hybridized carbons (Fsp3) is 0.429. The highest BCUT2D eigenvalue weighted by Gasteiger charge is 2.33. The van der Waals surface area contributed by atoms with Gasteiger partial charge in [-0.25, -0.2) is 4.79 Å². The minimum absolute atomic E-state index is 0.0679. The standard InChI is InChI=1S/C21H25ClN4O/c22-18-6-4-16(5-7-18)13-25-11-8-19(9-12-25)24-21(27)26-14-17(15-26)20-3-1-2-10-23-20/h1-7,10,17,19H,8-9,11-15H2,(H,24,27). The number of benzene rings is 1. The Kier molecular flexibility index (Phi) is 5.60. The Morgan fingerprint density at radius 2 is 1.85 bits per heavy atom. The summed E-state index contributed by atoms with van der Waals surface area (Å²) in [5.41, 5.74) is 2.36. The molecule has 6 heteroatoms. The lowest BCUT2D eigenvalue weighted by Gasteiger charge is -2.40. The summed E-state index contributed by atoms with van der Waals surface area (Å²) in [5, 5.41) is 3.98. The van der Waals surface area contributed by atoms with Crippen molar-refractivity contribution < 1.29 is 4.79 Å². The highest BCUT2D eigenvalue weighted by Crippen LogP contribution is 2.25. The van der Waals surface area contributed by atoms with E-state index in [4.69, 9.17) is 11.6 Å². The summed E-state index contributed by atoms with van der Waals surface area (Å²) in [6.45, 7) is 4.47. The summed E-state index contributed by atoms with van der Waals surface area (Å²) in [5.74, 6) is 0.373. The molecule has 2 aliphatic heterocycles. The predicted octanol–water partition coefficient (Wildman–Crippen LogP) is 3.51. The Balaban J connectivity index is 1.18. The SMILES string of the molecule is O=C(NC1CCN(Cc2ccc(Cl)cc2)CC1)N1CC(c2ccccn2)C1. The van der Waals surface area contributed by atoms with E-state index in [1.54, 1.807) is 0 Å². The Morgan fingerprint density at radius 1 is 1.11 bits per heavy atom. The van der Waals surface area contributed by atoms with Crippen molar-refractivity contribution in [3.05, 3.63) is 64.9 Å². The van der Waals surface area contributed by atoms with Gasteiger partial charge in [-0.2, -0.15) is 0 Å². The van der Waals surface area contributed by atoms with E-state index in [1.165, 1.54) is 5.56 Å². The number of nitrogens with zero attached hydrogens (tertiary/aromatic N) is 3. The van der Waals surface area contributed by atoms with Gasteiger partial charge in [0.25, 0.3) is 0 Å². The molecule has 2 amide bonds. The normalized spacial score (nSPS) is 18.9. The number of rotatable bonds is 4. The molecule has 1 aromatic heterocycles. The summed E-state index contributed by atoms with van der Waals surface area (Å²) in [6, 6.07) is 14.3. The second-order valence-electron chi connectivity index (χ2n) is 7.48. The maximum absolute atomic E-state index is 12.4. The Morgan fingerprint density at radius 3 is 2.52 bits per heavy atom. The molecular weight excluding hydrogens is 360 g/mol. The van der Waals surface area contributed by atoms with Crippen LogP contribution in [0.25, 0.3) is 0 Å². The van der Waals surface area contributed by atoms with Gasteiger partial charge in [0.05, 0.1) is 0 Å². The van der Waals surface area contributed by atoms with Crippen LogP contribution in [0.5, 0.6) is 0 Å². The topological polar surface area (TPSA) is 48.5 Å². The molecule has 0 atom stereocenters. The van der Waals surface area contributed by atoms with E-state index in [0.717, 1.165) is 56.3 Å². The first-order valence-corrected chi connectivity index (χ1v) is 9.98. The number of urea groups is 1. The number of hydrogen-bond acceptors (Lipinski definition) is 3. The molecule has 4 rings (SSSR count). The van der Waals surface area contributed by atoms with E-state index >= 15 is 0 Å². The second-order valence-corrected chi connectivity index (χ2v) is 7.92. The van der Waals surface area contributed by atoms with Crippen LogP contribution in [-0.4, -0.2) is 53.0 Å². The minimum atomic E-state index is 0.0679. The van der Waals surface area contributed by atoms with Crippen LogP contribution in [0.4, 0.5) is 4.79 Å². The molecule has 27 heavy (non-hydrogen) atoms. The molecule has 0 unspecified atom stereocenters. The van der Waals surface area contributed by atoms with Crippen molar-refractivity contribution in [1.82, 2.24) is 20.1 Å². The van der Waals surface area contributed by atoms with Crippen LogP contribution in [0.3, 0.4) is 0 Å². The second kappa shape index (κ2) is 8.28. The Bertz CT molecular complexity index is 754. The van der Waals surface area contributed by atoms with Crippen LogP contribution >= 0.6 is 11.6 Å². The van der Waals surface area contributed by atoms with Gasteiger partial charge in [-0.3, -0.25) is 9.88 Å². The van der Waals surface area contributed by atoms with Crippen LogP contribution in [0.1, 0.15) is 30.0 Å². The van der Waals surface area contributed by atoms with Gasteiger partial charge in [-0.1, -0.05) is 29.8 Å². The minimum Gasteiger partial charge on any atom is -0.335 e.